The molecular weight excluding hydrogens is 314 g/mol. The van der Waals surface area contributed by atoms with Gasteiger partial charge in [-0.15, -0.1) is 0 Å². The van der Waals surface area contributed by atoms with Crippen molar-refractivity contribution in [3.63, 3.8) is 0 Å². The van der Waals surface area contributed by atoms with Crippen molar-refractivity contribution in [1.82, 2.24) is 4.31 Å². The SMILES string of the molecule is CS(=O)(=O)N1CCCC[C@@H]1C(=O)O[C@@H]1CC[C@@H]2CCCC[C@@H]2C1. The first kappa shape index (κ1) is 17.2. The van der Waals surface area contributed by atoms with Gasteiger partial charge >= 0.3 is 5.97 Å². The second-order valence-electron chi connectivity index (χ2n) is 7.56. The zero-order valence-electron chi connectivity index (χ0n) is 14.1. The summed E-state index contributed by atoms with van der Waals surface area (Å²) in [6.45, 7) is 0.438. The maximum absolute atomic E-state index is 12.6. The molecule has 1 heterocycles. The molecule has 132 valence electrons. The van der Waals surface area contributed by atoms with E-state index in [-0.39, 0.29) is 12.1 Å². The van der Waals surface area contributed by atoms with Crippen LogP contribution in [-0.4, -0.2) is 43.6 Å². The third kappa shape index (κ3) is 4.08. The Kier molecular flexibility index (Phi) is 5.31. The van der Waals surface area contributed by atoms with Crippen LogP contribution in [0.25, 0.3) is 0 Å². The normalized spacial score (nSPS) is 36.2. The van der Waals surface area contributed by atoms with Crippen molar-refractivity contribution in [1.29, 1.82) is 0 Å². The van der Waals surface area contributed by atoms with Gasteiger partial charge in [-0.1, -0.05) is 25.7 Å². The average Bonchev–Trinajstić information content (AvgIpc) is 2.54. The molecule has 3 aliphatic rings. The fourth-order valence-electron chi connectivity index (χ4n) is 4.72. The van der Waals surface area contributed by atoms with Crippen molar-refractivity contribution in [2.45, 2.75) is 76.4 Å². The summed E-state index contributed by atoms with van der Waals surface area (Å²) in [6, 6.07) is -0.608. The number of fused-ring (bicyclic) bond motifs is 1. The van der Waals surface area contributed by atoms with Gasteiger partial charge in [-0.2, -0.15) is 4.31 Å². The van der Waals surface area contributed by atoms with E-state index in [2.05, 4.69) is 0 Å². The van der Waals surface area contributed by atoms with Crippen LogP contribution in [0, 0.1) is 11.8 Å². The molecule has 2 aliphatic carbocycles. The zero-order valence-corrected chi connectivity index (χ0v) is 14.9. The molecule has 0 N–H and O–H groups in total. The Labute approximate surface area is 139 Å². The van der Waals surface area contributed by atoms with E-state index in [0.29, 0.717) is 18.9 Å². The molecule has 3 rings (SSSR count). The van der Waals surface area contributed by atoms with Crippen molar-refractivity contribution in [3.8, 4) is 0 Å². The number of ether oxygens (including phenoxy) is 1. The average molecular weight is 343 g/mol. The van der Waals surface area contributed by atoms with E-state index in [9.17, 15) is 13.2 Å². The minimum absolute atomic E-state index is 0.00909. The molecule has 0 spiro atoms. The van der Waals surface area contributed by atoms with Crippen LogP contribution >= 0.6 is 0 Å². The third-order valence-electron chi connectivity index (χ3n) is 5.93. The topological polar surface area (TPSA) is 63.7 Å². The van der Waals surface area contributed by atoms with Crippen LogP contribution in [0.5, 0.6) is 0 Å². The lowest BCUT2D eigenvalue weighted by Gasteiger charge is -2.40. The van der Waals surface area contributed by atoms with Crippen molar-refractivity contribution < 1.29 is 17.9 Å². The van der Waals surface area contributed by atoms with Gasteiger partial charge in [0.25, 0.3) is 0 Å². The van der Waals surface area contributed by atoms with Crippen LogP contribution in [0.2, 0.25) is 0 Å². The lowest BCUT2D eigenvalue weighted by molar-refractivity contribution is -0.158. The van der Waals surface area contributed by atoms with E-state index >= 15 is 0 Å². The highest BCUT2D eigenvalue weighted by molar-refractivity contribution is 7.88. The molecule has 0 unspecified atom stereocenters. The number of rotatable bonds is 3. The van der Waals surface area contributed by atoms with Gasteiger partial charge in [-0.05, 0) is 50.4 Å². The van der Waals surface area contributed by atoms with E-state index in [1.54, 1.807) is 0 Å². The van der Waals surface area contributed by atoms with Crippen LogP contribution in [0.3, 0.4) is 0 Å². The molecule has 0 aromatic rings. The predicted molar refractivity (Wildman–Crippen MR) is 88.4 cm³/mol. The Morgan fingerprint density at radius 1 is 0.957 bits per heavy atom. The minimum atomic E-state index is -3.35. The summed E-state index contributed by atoms with van der Waals surface area (Å²) in [6.07, 6.45) is 11.8. The number of hydrogen-bond acceptors (Lipinski definition) is 4. The lowest BCUT2D eigenvalue weighted by atomic mass is 9.70. The standard InChI is InChI=1S/C17H29NO4S/c1-23(20,21)18-11-5-4-8-16(18)17(19)22-15-10-9-13-6-2-3-7-14(13)12-15/h13-16H,2-12H2,1H3/t13-,14+,15+,16+/m0/s1. The summed E-state index contributed by atoms with van der Waals surface area (Å²) >= 11 is 0. The summed E-state index contributed by atoms with van der Waals surface area (Å²) in [4.78, 5) is 12.6. The maximum atomic E-state index is 12.6. The minimum Gasteiger partial charge on any atom is -0.461 e. The van der Waals surface area contributed by atoms with Crippen LogP contribution in [0.1, 0.15) is 64.2 Å². The largest absolute Gasteiger partial charge is 0.461 e. The molecule has 6 heteroatoms. The molecule has 0 bridgehead atoms. The highest BCUT2D eigenvalue weighted by Crippen LogP contribution is 2.41. The number of nitrogens with zero attached hydrogens (tertiary/aromatic N) is 1. The predicted octanol–water partition coefficient (Wildman–Crippen LogP) is 2.70. The molecule has 23 heavy (non-hydrogen) atoms. The lowest BCUT2D eigenvalue weighted by Crippen LogP contribution is -2.49. The van der Waals surface area contributed by atoms with Gasteiger partial charge in [0, 0.05) is 6.54 Å². The van der Waals surface area contributed by atoms with E-state index in [1.165, 1.54) is 36.2 Å². The smallest absolute Gasteiger partial charge is 0.324 e. The number of carbonyl (C=O) groups is 1. The molecule has 3 fully saturated rings. The molecule has 5 nitrogen and oxygen atoms in total. The van der Waals surface area contributed by atoms with Crippen LogP contribution in [0.15, 0.2) is 0 Å². The summed E-state index contributed by atoms with van der Waals surface area (Å²) in [5, 5.41) is 0. The summed E-state index contributed by atoms with van der Waals surface area (Å²) in [7, 11) is -3.35. The monoisotopic (exact) mass is 343 g/mol. The molecule has 1 saturated heterocycles. The van der Waals surface area contributed by atoms with Crippen LogP contribution in [0.4, 0.5) is 0 Å². The Balaban J connectivity index is 1.59. The zero-order chi connectivity index (χ0) is 16.4. The summed E-state index contributed by atoms with van der Waals surface area (Å²) in [5.41, 5.74) is 0. The third-order valence-corrected chi connectivity index (χ3v) is 7.22. The second kappa shape index (κ2) is 7.09. The number of sulfonamides is 1. The van der Waals surface area contributed by atoms with Gasteiger partial charge in [0.2, 0.25) is 10.0 Å². The Morgan fingerprint density at radius 2 is 1.65 bits per heavy atom. The van der Waals surface area contributed by atoms with Gasteiger partial charge in [0.1, 0.15) is 12.1 Å². The first-order chi connectivity index (χ1) is 10.9. The van der Waals surface area contributed by atoms with Crippen molar-refractivity contribution in [3.05, 3.63) is 0 Å². The highest BCUT2D eigenvalue weighted by Gasteiger charge is 2.38. The van der Waals surface area contributed by atoms with Gasteiger partial charge in [-0.25, -0.2) is 8.42 Å². The fraction of sp³-hybridized carbons (Fsp3) is 0.941. The molecular formula is C17H29NO4S. The van der Waals surface area contributed by atoms with Crippen molar-refractivity contribution in [2.24, 2.45) is 11.8 Å². The first-order valence-electron chi connectivity index (χ1n) is 9.12. The number of carbonyl (C=O) groups excluding carboxylic acids is 1. The van der Waals surface area contributed by atoms with Crippen LogP contribution in [-0.2, 0) is 19.6 Å². The summed E-state index contributed by atoms with van der Waals surface area (Å²) in [5.74, 6) is 1.20. The van der Waals surface area contributed by atoms with Gasteiger partial charge < -0.3 is 4.74 Å². The number of esters is 1. The van der Waals surface area contributed by atoms with Crippen LogP contribution < -0.4 is 0 Å². The molecule has 4 atom stereocenters. The molecule has 0 aromatic heterocycles. The number of piperidine rings is 1. The molecule has 0 radical (unpaired) electrons. The van der Waals surface area contributed by atoms with Gasteiger partial charge in [0.15, 0.2) is 0 Å². The molecule has 0 aromatic carbocycles. The van der Waals surface area contributed by atoms with E-state index in [1.807, 2.05) is 0 Å². The van der Waals surface area contributed by atoms with Gasteiger partial charge in [0.05, 0.1) is 6.26 Å². The number of hydrogen-bond donors (Lipinski definition) is 0. The Hall–Kier alpha value is -0.620. The van der Waals surface area contributed by atoms with E-state index < -0.39 is 16.1 Å². The maximum Gasteiger partial charge on any atom is 0.324 e. The fourth-order valence-corrected chi connectivity index (χ4v) is 5.83. The Bertz CT molecular complexity index is 533. The quantitative estimate of drug-likeness (QED) is 0.739. The summed E-state index contributed by atoms with van der Waals surface area (Å²) < 4.78 is 30.9. The van der Waals surface area contributed by atoms with Crippen molar-refractivity contribution in [2.75, 3.05) is 12.8 Å². The second-order valence-corrected chi connectivity index (χ2v) is 9.50. The van der Waals surface area contributed by atoms with Gasteiger partial charge in [-0.3, -0.25) is 4.79 Å². The van der Waals surface area contributed by atoms with E-state index in [0.717, 1.165) is 38.0 Å². The van der Waals surface area contributed by atoms with E-state index in [4.69, 9.17) is 4.74 Å². The molecule has 2 saturated carbocycles. The first-order valence-corrected chi connectivity index (χ1v) is 11.0. The van der Waals surface area contributed by atoms with Crippen molar-refractivity contribution >= 4 is 16.0 Å². The highest BCUT2D eigenvalue weighted by atomic mass is 32.2. The molecule has 0 amide bonds. The molecule has 1 aliphatic heterocycles. The Morgan fingerprint density at radius 3 is 2.39 bits per heavy atom.